The molecule has 0 spiro atoms. The summed E-state index contributed by atoms with van der Waals surface area (Å²) in [6.45, 7) is 19.4. The lowest BCUT2D eigenvalue weighted by Gasteiger charge is -2.62. The normalized spacial score (nSPS) is 35.5. The van der Waals surface area contributed by atoms with Gasteiger partial charge in [-0.25, -0.2) is 0 Å². The topological polar surface area (TPSA) is 115 Å². The second-order valence-corrected chi connectivity index (χ2v) is 16.6. The molecule has 0 aromatic carbocycles. The van der Waals surface area contributed by atoms with Gasteiger partial charge in [-0.15, -0.1) is 0 Å². The maximum Gasteiger partial charge on any atom is 0.308 e. The first kappa shape index (κ1) is 37.6. The molecule has 9 atom stereocenters. The highest BCUT2D eigenvalue weighted by Gasteiger charge is 2.63. The number of rotatable bonds is 18. The minimum absolute atomic E-state index is 0.00150. The third-order valence-electron chi connectivity index (χ3n) is 13.0. The highest BCUT2D eigenvalue weighted by molar-refractivity contribution is 5.72. The molecule has 0 bridgehead atoms. The van der Waals surface area contributed by atoms with E-state index < -0.39 is 0 Å². The van der Waals surface area contributed by atoms with Crippen LogP contribution in [-0.4, -0.2) is 70.0 Å². The number of nitrogens with two attached hydrogens (primary N) is 1. The fourth-order valence-electron chi connectivity index (χ4n) is 10.0. The summed E-state index contributed by atoms with van der Waals surface area (Å²) in [5.41, 5.74) is 5.98. The lowest BCUT2D eigenvalue weighted by molar-refractivity contribution is -0.194. The van der Waals surface area contributed by atoms with Crippen LogP contribution in [0.4, 0.5) is 0 Å². The number of ether oxygens (including phenoxy) is 2. The van der Waals surface area contributed by atoms with Gasteiger partial charge in [0.1, 0.15) is 6.10 Å². The zero-order chi connectivity index (χ0) is 33.3. The van der Waals surface area contributed by atoms with Gasteiger partial charge in [0.2, 0.25) is 0 Å². The SMILES string of the molecule is CC(C)C(=O)OCC1CCC2C3C(CC[C@]12C)[C@@]1(C)CC[C@H](NCCCNCCCCNCCCN)CC1C[C@H]3OC(=O)C(C)C. The molecule has 4 rings (SSSR count). The van der Waals surface area contributed by atoms with Crippen molar-refractivity contribution in [1.82, 2.24) is 16.0 Å². The smallest absolute Gasteiger partial charge is 0.308 e. The molecule has 266 valence electrons. The number of fused-ring (bicyclic) bond motifs is 5. The van der Waals surface area contributed by atoms with E-state index in [0.29, 0.717) is 47.7 Å². The van der Waals surface area contributed by atoms with E-state index in [9.17, 15) is 9.59 Å². The van der Waals surface area contributed by atoms with Gasteiger partial charge in [0.25, 0.3) is 0 Å². The van der Waals surface area contributed by atoms with Crippen LogP contribution in [0.3, 0.4) is 0 Å². The van der Waals surface area contributed by atoms with E-state index in [0.717, 1.165) is 71.4 Å². The molecule has 5 unspecified atom stereocenters. The van der Waals surface area contributed by atoms with Crippen molar-refractivity contribution >= 4 is 11.9 Å². The van der Waals surface area contributed by atoms with Gasteiger partial charge in [0.15, 0.2) is 0 Å². The number of esters is 2. The maximum absolute atomic E-state index is 13.1. The van der Waals surface area contributed by atoms with E-state index in [4.69, 9.17) is 15.2 Å². The average Bonchev–Trinajstić information content (AvgIpc) is 3.36. The summed E-state index contributed by atoms with van der Waals surface area (Å²) in [5.74, 6) is 2.16. The van der Waals surface area contributed by atoms with Crippen molar-refractivity contribution in [2.24, 2.45) is 58.0 Å². The molecule has 0 aromatic rings. The molecule has 4 fully saturated rings. The molecule has 4 saturated carbocycles. The Labute approximate surface area is 281 Å². The third-order valence-corrected chi connectivity index (χ3v) is 13.0. The van der Waals surface area contributed by atoms with Crippen LogP contribution in [-0.2, 0) is 19.1 Å². The van der Waals surface area contributed by atoms with Crippen molar-refractivity contribution < 1.29 is 19.1 Å². The zero-order valence-corrected chi connectivity index (χ0v) is 30.3. The van der Waals surface area contributed by atoms with Gasteiger partial charge < -0.3 is 31.2 Å². The molecular weight excluding hydrogens is 576 g/mol. The van der Waals surface area contributed by atoms with Crippen LogP contribution in [0.5, 0.6) is 0 Å². The van der Waals surface area contributed by atoms with E-state index >= 15 is 0 Å². The Kier molecular flexibility index (Phi) is 14.3. The molecule has 0 amide bonds. The summed E-state index contributed by atoms with van der Waals surface area (Å²) >= 11 is 0. The fraction of sp³-hybridized carbons (Fsp3) is 0.947. The molecule has 4 aliphatic rings. The van der Waals surface area contributed by atoms with Crippen molar-refractivity contribution in [3.05, 3.63) is 0 Å². The fourth-order valence-corrected chi connectivity index (χ4v) is 10.0. The Bertz CT molecular complexity index is 961. The Morgan fingerprint density at radius 2 is 1.39 bits per heavy atom. The van der Waals surface area contributed by atoms with Gasteiger partial charge in [0.05, 0.1) is 18.4 Å². The van der Waals surface area contributed by atoms with Crippen molar-refractivity contribution in [2.45, 2.75) is 131 Å². The molecule has 0 heterocycles. The highest BCUT2D eigenvalue weighted by Crippen LogP contribution is 2.67. The number of hydrogen-bond donors (Lipinski definition) is 4. The minimum Gasteiger partial charge on any atom is -0.465 e. The second-order valence-electron chi connectivity index (χ2n) is 16.6. The van der Waals surface area contributed by atoms with E-state index in [2.05, 4.69) is 29.8 Å². The number of carbonyl (C=O) groups excluding carboxylic acids is 2. The minimum atomic E-state index is -0.110. The van der Waals surface area contributed by atoms with Gasteiger partial charge in [-0.3, -0.25) is 9.59 Å². The van der Waals surface area contributed by atoms with Crippen molar-refractivity contribution in [3.8, 4) is 0 Å². The first-order valence-electron chi connectivity index (χ1n) is 19.2. The Hall–Kier alpha value is -1.22. The standard InChI is InChI=1S/C38H70N4O4/c1-26(2)35(43)45-25-28-11-12-31-34-32(14-16-37(28,31)5)38(6)15-13-30(23-29(38)24-33(34)46-36(44)27(3)4)42-22-10-21-41-19-8-7-18-40-20-9-17-39/h26-34,40-42H,7-25,39H2,1-6H3/t28?,29?,30-,31?,32?,33+,34?,37+,38-/m0/s1. The van der Waals surface area contributed by atoms with E-state index in [1.807, 2.05) is 27.7 Å². The summed E-state index contributed by atoms with van der Waals surface area (Å²) in [6.07, 6.45) is 14.0. The quantitative estimate of drug-likeness (QED) is 0.111. The predicted octanol–water partition coefficient (Wildman–Crippen LogP) is 5.68. The Morgan fingerprint density at radius 1 is 0.761 bits per heavy atom. The number of nitrogens with one attached hydrogen (secondary N) is 3. The van der Waals surface area contributed by atoms with Crippen LogP contribution in [0.1, 0.15) is 119 Å². The van der Waals surface area contributed by atoms with Gasteiger partial charge >= 0.3 is 11.9 Å². The first-order chi connectivity index (χ1) is 22.0. The first-order valence-corrected chi connectivity index (χ1v) is 19.2. The van der Waals surface area contributed by atoms with Crippen molar-refractivity contribution in [3.63, 3.8) is 0 Å². The van der Waals surface area contributed by atoms with E-state index in [-0.39, 0.29) is 35.3 Å². The molecule has 0 aromatic heterocycles. The molecule has 46 heavy (non-hydrogen) atoms. The lowest BCUT2D eigenvalue weighted by atomic mass is 9.44. The van der Waals surface area contributed by atoms with Gasteiger partial charge in [-0.1, -0.05) is 41.5 Å². The van der Waals surface area contributed by atoms with Gasteiger partial charge in [0, 0.05) is 12.0 Å². The van der Waals surface area contributed by atoms with Gasteiger partial charge in [-0.2, -0.15) is 0 Å². The molecule has 0 radical (unpaired) electrons. The Balaban J connectivity index is 1.31. The summed E-state index contributed by atoms with van der Waals surface area (Å²) in [5, 5.41) is 11.0. The maximum atomic E-state index is 13.1. The summed E-state index contributed by atoms with van der Waals surface area (Å²) in [7, 11) is 0. The molecule has 5 N–H and O–H groups in total. The average molecular weight is 647 g/mol. The number of carbonyl (C=O) groups is 2. The number of unbranched alkanes of at least 4 members (excludes halogenated alkanes) is 1. The predicted molar refractivity (Wildman–Crippen MR) is 186 cm³/mol. The lowest BCUT2D eigenvalue weighted by Crippen LogP contribution is -2.60. The summed E-state index contributed by atoms with van der Waals surface area (Å²) in [4.78, 5) is 25.4. The molecule has 8 nitrogen and oxygen atoms in total. The second kappa shape index (κ2) is 17.4. The van der Waals surface area contributed by atoms with Crippen LogP contribution in [0.25, 0.3) is 0 Å². The summed E-state index contributed by atoms with van der Waals surface area (Å²) < 4.78 is 12.3. The molecule has 8 heteroatoms. The van der Waals surface area contributed by atoms with E-state index in [1.54, 1.807) is 0 Å². The monoisotopic (exact) mass is 647 g/mol. The van der Waals surface area contributed by atoms with Crippen LogP contribution in [0, 0.1) is 52.3 Å². The largest absolute Gasteiger partial charge is 0.465 e. The third kappa shape index (κ3) is 9.06. The highest BCUT2D eigenvalue weighted by atomic mass is 16.5. The molecule has 0 aliphatic heterocycles. The molecular formula is C38H70N4O4. The Morgan fingerprint density at radius 3 is 2.07 bits per heavy atom. The number of hydrogen-bond acceptors (Lipinski definition) is 8. The van der Waals surface area contributed by atoms with E-state index in [1.165, 1.54) is 44.9 Å². The zero-order valence-electron chi connectivity index (χ0n) is 30.3. The van der Waals surface area contributed by atoms with Crippen LogP contribution in [0.2, 0.25) is 0 Å². The van der Waals surface area contributed by atoms with Crippen LogP contribution in [0.15, 0.2) is 0 Å². The van der Waals surface area contributed by atoms with Crippen molar-refractivity contribution in [1.29, 1.82) is 0 Å². The molecule has 0 saturated heterocycles. The van der Waals surface area contributed by atoms with Crippen molar-refractivity contribution in [2.75, 3.05) is 45.9 Å². The van der Waals surface area contributed by atoms with Crippen LogP contribution >= 0.6 is 0 Å². The molecule has 4 aliphatic carbocycles. The van der Waals surface area contributed by atoms with Gasteiger partial charge in [-0.05, 0) is 151 Å². The summed E-state index contributed by atoms with van der Waals surface area (Å²) in [6, 6.07) is 0.552. The van der Waals surface area contributed by atoms with Crippen LogP contribution < -0.4 is 21.7 Å².